The summed E-state index contributed by atoms with van der Waals surface area (Å²) >= 11 is 0.936. The van der Waals surface area contributed by atoms with E-state index in [0.717, 1.165) is 11.3 Å². The molecule has 0 aliphatic carbocycles. The minimum Gasteiger partial charge on any atom is -0.481 e. The number of aromatic nitrogens is 2. The van der Waals surface area contributed by atoms with Gasteiger partial charge in [-0.05, 0) is 17.4 Å². The molecular weight excluding hydrogens is 359 g/mol. The van der Waals surface area contributed by atoms with Gasteiger partial charge in [-0.25, -0.2) is 14.1 Å². The van der Waals surface area contributed by atoms with Crippen molar-refractivity contribution in [2.24, 2.45) is 4.99 Å². The van der Waals surface area contributed by atoms with E-state index in [1.54, 1.807) is 4.68 Å². The Labute approximate surface area is 151 Å². The van der Waals surface area contributed by atoms with E-state index in [9.17, 15) is 14.0 Å². The number of allylic oxidation sites excluding steroid dienone is 2. The second-order valence-corrected chi connectivity index (χ2v) is 6.56. The van der Waals surface area contributed by atoms with Gasteiger partial charge >= 0.3 is 4.87 Å². The van der Waals surface area contributed by atoms with Crippen LogP contribution in [0.3, 0.4) is 0 Å². The number of hydrogen-bond donors (Lipinski definition) is 0. The van der Waals surface area contributed by atoms with E-state index in [2.05, 4.69) is 10.9 Å². The highest BCUT2D eigenvalue weighted by Gasteiger charge is 2.26. The normalized spacial score (nSPS) is 16.1. The Hall–Kier alpha value is -3.12. The van der Waals surface area contributed by atoms with Gasteiger partial charge in [0.15, 0.2) is 12.4 Å². The average molecular weight is 372 g/mol. The lowest BCUT2D eigenvalue weighted by Gasteiger charge is -2.28. The van der Waals surface area contributed by atoms with Crippen molar-refractivity contribution in [2.45, 2.75) is 13.1 Å². The van der Waals surface area contributed by atoms with Gasteiger partial charge in [-0.15, -0.1) is 6.42 Å². The second-order valence-electron chi connectivity index (χ2n) is 5.64. The van der Waals surface area contributed by atoms with Gasteiger partial charge in [0.05, 0.1) is 25.3 Å². The van der Waals surface area contributed by atoms with Gasteiger partial charge in [0.25, 0.3) is 5.91 Å². The number of nitrogens with zero attached hydrogens (tertiary/aromatic N) is 4. The van der Waals surface area contributed by atoms with Crippen molar-refractivity contribution in [3.8, 4) is 18.1 Å². The Morgan fingerprint density at radius 3 is 2.81 bits per heavy atom. The predicted molar refractivity (Wildman–Crippen MR) is 94.0 cm³/mol. The summed E-state index contributed by atoms with van der Waals surface area (Å²) in [6.07, 6.45) is 9.12. The topological polar surface area (TPSA) is 68.8 Å². The van der Waals surface area contributed by atoms with Crippen molar-refractivity contribution in [3.63, 3.8) is 0 Å². The largest absolute Gasteiger partial charge is 0.481 e. The molecule has 4 rings (SSSR count). The highest BCUT2D eigenvalue weighted by Crippen LogP contribution is 2.37. The van der Waals surface area contributed by atoms with E-state index in [4.69, 9.17) is 11.2 Å². The van der Waals surface area contributed by atoms with Crippen molar-refractivity contribution < 1.29 is 13.9 Å². The molecule has 0 unspecified atom stereocenters. The van der Waals surface area contributed by atoms with Crippen LogP contribution in [0.5, 0.6) is 5.75 Å². The van der Waals surface area contributed by atoms with Gasteiger partial charge in [0, 0.05) is 6.07 Å². The first-order chi connectivity index (χ1) is 12.6. The lowest BCUT2D eigenvalue weighted by atomic mass is 10.2. The highest BCUT2D eigenvalue weighted by molar-refractivity contribution is 7.06. The van der Waals surface area contributed by atoms with Gasteiger partial charge in [-0.3, -0.25) is 19.2 Å². The summed E-state index contributed by atoms with van der Waals surface area (Å²) in [5.41, 5.74) is 0.375. The van der Waals surface area contributed by atoms with Crippen molar-refractivity contribution >= 4 is 28.6 Å². The molecule has 1 aromatic heterocycles. The molecule has 7 nitrogen and oxygen atoms in total. The molecule has 0 atom stereocenters. The Bertz CT molecular complexity index is 1100. The van der Waals surface area contributed by atoms with Crippen molar-refractivity contribution in [2.75, 3.05) is 18.1 Å². The van der Waals surface area contributed by atoms with Crippen LogP contribution in [0.4, 0.5) is 15.8 Å². The van der Waals surface area contributed by atoms with Gasteiger partial charge in [0.2, 0.25) is 4.80 Å². The van der Waals surface area contributed by atoms with E-state index in [1.165, 1.54) is 21.7 Å². The minimum atomic E-state index is -0.606. The number of ether oxygens (including phenoxy) is 1. The Kier molecular flexibility index (Phi) is 3.97. The molecule has 0 saturated heterocycles. The standard InChI is InChI=1S/C17H13FN4O3S/c1-2-5-20-13-9-12(11(18)8-14(13)25-10-15(20)23)19-16-21-6-3-4-7-22(21)17(24)26-16/h1,3-4,8-9H,5-7,10H2. The third kappa shape index (κ3) is 2.64. The smallest absolute Gasteiger partial charge is 0.325 e. The number of halogens is 1. The molecular formula is C17H13FN4O3S. The number of rotatable bonds is 2. The van der Waals surface area contributed by atoms with Gasteiger partial charge < -0.3 is 4.74 Å². The molecule has 1 aromatic carbocycles. The maximum absolute atomic E-state index is 14.5. The molecule has 0 spiro atoms. The fourth-order valence-electron chi connectivity index (χ4n) is 2.83. The number of hydrogen-bond acceptors (Lipinski definition) is 5. The third-order valence-corrected chi connectivity index (χ3v) is 4.93. The summed E-state index contributed by atoms with van der Waals surface area (Å²) in [5, 5.41) is 0. The number of carbonyl (C=O) groups is 1. The summed E-state index contributed by atoms with van der Waals surface area (Å²) < 4.78 is 23.0. The first kappa shape index (κ1) is 16.4. The van der Waals surface area contributed by atoms with E-state index in [1.807, 2.05) is 12.2 Å². The van der Waals surface area contributed by atoms with Crippen LogP contribution in [0, 0.1) is 18.2 Å². The van der Waals surface area contributed by atoms with Crippen LogP contribution >= 0.6 is 11.3 Å². The molecule has 3 heterocycles. The van der Waals surface area contributed by atoms with Crippen molar-refractivity contribution in [1.82, 2.24) is 9.36 Å². The lowest BCUT2D eigenvalue weighted by molar-refractivity contribution is -0.121. The average Bonchev–Trinajstić information content (AvgIpc) is 2.95. The Morgan fingerprint density at radius 1 is 1.27 bits per heavy atom. The molecule has 0 bridgehead atoms. The Morgan fingerprint density at radius 2 is 2.04 bits per heavy atom. The summed E-state index contributed by atoms with van der Waals surface area (Å²) in [6.45, 7) is 0.793. The summed E-state index contributed by atoms with van der Waals surface area (Å²) in [6, 6.07) is 2.60. The summed E-state index contributed by atoms with van der Waals surface area (Å²) in [5.74, 6) is 1.73. The van der Waals surface area contributed by atoms with Crippen LogP contribution in [0.2, 0.25) is 0 Å². The van der Waals surface area contributed by atoms with Crippen LogP contribution in [0.1, 0.15) is 0 Å². The predicted octanol–water partition coefficient (Wildman–Crippen LogP) is 1.01. The quantitative estimate of drug-likeness (QED) is 0.584. The molecule has 9 heteroatoms. The molecule has 2 aliphatic rings. The molecule has 1 amide bonds. The van der Waals surface area contributed by atoms with E-state index in [-0.39, 0.29) is 35.4 Å². The molecule has 2 aliphatic heterocycles. The third-order valence-electron chi connectivity index (χ3n) is 4.06. The molecule has 2 aromatic rings. The first-order valence-electron chi connectivity index (χ1n) is 7.79. The van der Waals surface area contributed by atoms with Gasteiger partial charge in [0.1, 0.15) is 11.4 Å². The van der Waals surface area contributed by atoms with E-state index >= 15 is 0 Å². The number of amides is 1. The monoisotopic (exact) mass is 372 g/mol. The van der Waals surface area contributed by atoms with Crippen LogP contribution < -0.4 is 19.3 Å². The SMILES string of the molecule is C#CCN1C(=O)COc2cc(F)c(N=c3sc(=O)n4n3CC=CC4)cc21. The number of fused-ring (bicyclic) bond motifs is 2. The summed E-state index contributed by atoms with van der Waals surface area (Å²) in [4.78, 5) is 29.9. The van der Waals surface area contributed by atoms with Crippen molar-refractivity contribution in [1.29, 1.82) is 0 Å². The van der Waals surface area contributed by atoms with E-state index < -0.39 is 5.82 Å². The molecule has 0 saturated carbocycles. The number of terminal acetylenes is 1. The highest BCUT2D eigenvalue weighted by atomic mass is 32.1. The minimum absolute atomic E-state index is 0.00998. The molecule has 26 heavy (non-hydrogen) atoms. The summed E-state index contributed by atoms with van der Waals surface area (Å²) in [7, 11) is 0. The molecule has 132 valence electrons. The molecule has 0 N–H and O–H groups in total. The Balaban J connectivity index is 1.86. The van der Waals surface area contributed by atoms with E-state index in [0.29, 0.717) is 23.6 Å². The molecule has 0 fully saturated rings. The van der Waals surface area contributed by atoms with Crippen LogP contribution in [-0.2, 0) is 17.9 Å². The van der Waals surface area contributed by atoms with Crippen LogP contribution in [0.15, 0.2) is 34.1 Å². The zero-order valence-electron chi connectivity index (χ0n) is 13.5. The van der Waals surface area contributed by atoms with Crippen LogP contribution in [0.25, 0.3) is 0 Å². The molecule has 0 radical (unpaired) electrons. The fourth-order valence-corrected chi connectivity index (χ4v) is 3.69. The maximum atomic E-state index is 14.5. The lowest BCUT2D eigenvalue weighted by Crippen LogP contribution is -2.39. The maximum Gasteiger partial charge on any atom is 0.325 e. The van der Waals surface area contributed by atoms with Crippen molar-refractivity contribution in [3.05, 3.63) is 44.6 Å². The zero-order chi connectivity index (χ0) is 18.3. The fraction of sp³-hybridized carbons (Fsp3) is 0.235. The second kappa shape index (κ2) is 6.31. The number of benzene rings is 1. The van der Waals surface area contributed by atoms with Crippen LogP contribution in [-0.4, -0.2) is 28.4 Å². The zero-order valence-corrected chi connectivity index (χ0v) is 14.3. The number of carbonyl (C=O) groups excluding carboxylic acids is 1. The van der Waals surface area contributed by atoms with Gasteiger partial charge in [-0.2, -0.15) is 0 Å². The first-order valence-corrected chi connectivity index (χ1v) is 8.61. The van der Waals surface area contributed by atoms with Gasteiger partial charge in [-0.1, -0.05) is 18.1 Å². The number of anilines is 1.